The number of rotatable bonds is 4. The summed E-state index contributed by atoms with van der Waals surface area (Å²) in [6, 6.07) is 11.6. The Kier molecular flexibility index (Phi) is 4.22. The van der Waals surface area contributed by atoms with Crippen LogP contribution in [0.3, 0.4) is 0 Å². The van der Waals surface area contributed by atoms with E-state index in [1.165, 1.54) is 6.07 Å². The predicted octanol–water partition coefficient (Wildman–Crippen LogP) is 4.47. The highest BCUT2D eigenvalue weighted by molar-refractivity contribution is 6.30. The average Bonchev–Trinajstić information content (AvgIpc) is 2.39. The maximum atomic E-state index is 12.9. The Hall–Kier alpha value is -1.81. The molecule has 2 rings (SSSR count). The molecule has 2 aromatic carbocycles. The van der Waals surface area contributed by atoms with Crippen LogP contribution >= 0.6 is 11.6 Å². The molecule has 0 atom stereocenters. The molecule has 3 N–H and O–H groups in total. The zero-order chi connectivity index (χ0) is 13.8. The molecule has 0 saturated carbocycles. The van der Waals surface area contributed by atoms with Crippen molar-refractivity contribution in [1.29, 1.82) is 0 Å². The van der Waals surface area contributed by atoms with E-state index in [2.05, 4.69) is 5.32 Å². The zero-order valence-corrected chi connectivity index (χ0v) is 10.8. The number of halogens is 3. The minimum Gasteiger partial charge on any atom is -0.399 e. The number of anilines is 2. The van der Waals surface area contributed by atoms with Gasteiger partial charge in [0.1, 0.15) is 0 Å². The van der Waals surface area contributed by atoms with E-state index in [0.717, 1.165) is 5.56 Å². The van der Waals surface area contributed by atoms with E-state index < -0.39 is 6.43 Å². The summed E-state index contributed by atoms with van der Waals surface area (Å²) < 4.78 is 25.7. The second kappa shape index (κ2) is 5.89. The standard InChI is InChI=1S/C14H13ClF2N2/c15-10-3-1-9(2-4-10)8-19-13-6-5-11(18)7-12(13)14(16)17/h1-7,14,19H,8,18H2. The third-order valence-electron chi connectivity index (χ3n) is 2.71. The zero-order valence-electron chi connectivity index (χ0n) is 10.0. The number of benzene rings is 2. The number of nitrogens with two attached hydrogens (primary N) is 1. The molecular weight excluding hydrogens is 270 g/mol. The maximum absolute atomic E-state index is 12.9. The third kappa shape index (κ3) is 3.58. The molecule has 0 aromatic heterocycles. The van der Waals surface area contributed by atoms with Crippen LogP contribution in [0.1, 0.15) is 17.6 Å². The van der Waals surface area contributed by atoms with Gasteiger partial charge in [-0.05, 0) is 35.9 Å². The van der Waals surface area contributed by atoms with E-state index in [1.54, 1.807) is 24.3 Å². The molecule has 2 aromatic rings. The van der Waals surface area contributed by atoms with Crippen molar-refractivity contribution in [2.75, 3.05) is 11.1 Å². The molecule has 0 bridgehead atoms. The predicted molar refractivity (Wildman–Crippen MR) is 74.6 cm³/mol. The van der Waals surface area contributed by atoms with Crippen LogP contribution in [0.25, 0.3) is 0 Å². The van der Waals surface area contributed by atoms with E-state index in [9.17, 15) is 8.78 Å². The Bertz CT molecular complexity index is 556. The molecule has 0 radical (unpaired) electrons. The van der Waals surface area contributed by atoms with Crippen molar-refractivity contribution in [3.05, 3.63) is 58.6 Å². The van der Waals surface area contributed by atoms with Crippen molar-refractivity contribution < 1.29 is 8.78 Å². The van der Waals surface area contributed by atoms with Crippen LogP contribution in [0.2, 0.25) is 5.02 Å². The summed E-state index contributed by atoms with van der Waals surface area (Å²) in [5, 5.41) is 3.62. The van der Waals surface area contributed by atoms with Crippen molar-refractivity contribution in [1.82, 2.24) is 0 Å². The van der Waals surface area contributed by atoms with Gasteiger partial charge in [-0.2, -0.15) is 0 Å². The van der Waals surface area contributed by atoms with Crippen molar-refractivity contribution in [2.45, 2.75) is 13.0 Å². The molecular formula is C14H13ClF2N2. The van der Waals surface area contributed by atoms with E-state index in [-0.39, 0.29) is 5.56 Å². The largest absolute Gasteiger partial charge is 0.399 e. The van der Waals surface area contributed by atoms with Gasteiger partial charge in [0.25, 0.3) is 6.43 Å². The van der Waals surface area contributed by atoms with Crippen molar-refractivity contribution >= 4 is 23.0 Å². The van der Waals surface area contributed by atoms with Crippen LogP contribution in [-0.4, -0.2) is 0 Å². The summed E-state index contributed by atoms with van der Waals surface area (Å²) >= 11 is 5.78. The Morgan fingerprint density at radius 1 is 1.11 bits per heavy atom. The van der Waals surface area contributed by atoms with Gasteiger partial charge in [0.2, 0.25) is 0 Å². The first-order valence-electron chi connectivity index (χ1n) is 5.72. The Labute approximate surface area is 115 Å². The van der Waals surface area contributed by atoms with Gasteiger partial charge in [-0.15, -0.1) is 0 Å². The van der Waals surface area contributed by atoms with Crippen LogP contribution in [0.4, 0.5) is 20.2 Å². The second-order valence-corrected chi connectivity index (χ2v) is 4.56. The smallest absolute Gasteiger partial charge is 0.265 e. The van der Waals surface area contributed by atoms with E-state index in [4.69, 9.17) is 17.3 Å². The fraction of sp³-hybridized carbons (Fsp3) is 0.143. The molecule has 5 heteroatoms. The van der Waals surface area contributed by atoms with Crippen molar-refractivity contribution in [3.63, 3.8) is 0 Å². The number of nitrogens with one attached hydrogen (secondary N) is 1. The summed E-state index contributed by atoms with van der Waals surface area (Å²) in [5.41, 5.74) is 7.10. The summed E-state index contributed by atoms with van der Waals surface area (Å²) in [6.07, 6.45) is -2.56. The van der Waals surface area contributed by atoms with Crippen LogP contribution in [0.15, 0.2) is 42.5 Å². The lowest BCUT2D eigenvalue weighted by atomic mass is 10.1. The van der Waals surface area contributed by atoms with Crippen LogP contribution in [0.5, 0.6) is 0 Å². The molecule has 0 saturated heterocycles. The van der Waals surface area contributed by atoms with Crippen LogP contribution in [0, 0.1) is 0 Å². The molecule has 0 amide bonds. The lowest BCUT2D eigenvalue weighted by Crippen LogP contribution is -2.03. The Morgan fingerprint density at radius 2 is 1.79 bits per heavy atom. The normalized spacial score (nSPS) is 10.7. The fourth-order valence-electron chi connectivity index (χ4n) is 1.72. The van der Waals surface area contributed by atoms with Crippen LogP contribution < -0.4 is 11.1 Å². The molecule has 0 aliphatic carbocycles. The highest BCUT2D eigenvalue weighted by atomic mass is 35.5. The van der Waals surface area contributed by atoms with Gasteiger partial charge in [0, 0.05) is 28.5 Å². The quantitative estimate of drug-likeness (QED) is 0.812. The third-order valence-corrected chi connectivity index (χ3v) is 2.96. The molecule has 0 fully saturated rings. The SMILES string of the molecule is Nc1ccc(NCc2ccc(Cl)cc2)c(C(F)F)c1. The van der Waals surface area contributed by atoms with Gasteiger partial charge in [-0.25, -0.2) is 8.78 Å². The number of hydrogen-bond acceptors (Lipinski definition) is 2. The minimum absolute atomic E-state index is 0.0889. The minimum atomic E-state index is -2.56. The Morgan fingerprint density at radius 3 is 2.42 bits per heavy atom. The highest BCUT2D eigenvalue weighted by Crippen LogP contribution is 2.29. The van der Waals surface area contributed by atoms with Gasteiger partial charge in [-0.3, -0.25) is 0 Å². The van der Waals surface area contributed by atoms with E-state index in [0.29, 0.717) is 22.9 Å². The van der Waals surface area contributed by atoms with Gasteiger partial charge >= 0.3 is 0 Å². The molecule has 100 valence electrons. The summed E-state index contributed by atoms with van der Waals surface area (Å²) in [5.74, 6) is 0. The summed E-state index contributed by atoms with van der Waals surface area (Å²) in [4.78, 5) is 0. The molecule has 2 nitrogen and oxygen atoms in total. The van der Waals surface area contributed by atoms with Gasteiger partial charge in [0.15, 0.2) is 0 Å². The molecule has 0 unspecified atom stereocenters. The molecule has 0 spiro atoms. The molecule has 0 aliphatic rings. The van der Waals surface area contributed by atoms with Crippen molar-refractivity contribution in [2.24, 2.45) is 0 Å². The average molecular weight is 283 g/mol. The van der Waals surface area contributed by atoms with Gasteiger partial charge in [-0.1, -0.05) is 23.7 Å². The van der Waals surface area contributed by atoms with Gasteiger partial charge < -0.3 is 11.1 Å². The maximum Gasteiger partial charge on any atom is 0.265 e. The molecule has 0 heterocycles. The molecule has 19 heavy (non-hydrogen) atoms. The fourth-order valence-corrected chi connectivity index (χ4v) is 1.85. The van der Waals surface area contributed by atoms with Crippen molar-refractivity contribution in [3.8, 4) is 0 Å². The summed E-state index contributed by atoms with van der Waals surface area (Å²) in [6.45, 7) is 0.445. The first kappa shape index (κ1) is 13.6. The highest BCUT2D eigenvalue weighted by Gasteiger charge is 2.13. The number of hydrogen-bond donors (Lipinski definition) is 2. The number of nitrogen functional groups attached to an aromatic ring is 1. The van der Waals surface area contributed by atoms with E-state index in [1.807, 2.05) is 12.1 Å². The second-order valence-electron chi connectivity index (χ2n) is 4.13. The Balaban J connectivity index is 2.13. The summed E-state index contributed by atoms with van der Waals surface area (Å²) in [7, 11) is 0. The monoisotopic (exact) mass is 282 g/mol. The lowest BCUT2D eigenvalue weighted by Gasteiger charge is -2.12. The molecule has 0 aliphatic heterocycles. The van der Waals surface area contributed by atoms with Crippen LogP contribution in [-0.2, 0) is 6.54 Å². The first-order chi connectivity index (χ1) is 9.06. The van der Waals surface area contributed by atoms with Gasteiger partial charge in [0.05, 0.1) is 0 Å². The van der Waals surface area contributed by atoms with E-state index >= 15 is 0 Å². The first-order valence-corrected chi connectivity index (χ1v) is 6.10. The topological polar surface area (TPSA) is 38.0 Å². The lowest BCUT2D eigenvalue weighted by molar-refractivity contribution is 0.152. The number of alkyl halides is 2.